The minimum atomic E-state index is -0.113. The van der Waals surface area contributed by atoms with E-state index < -0.39 is 0 Å². The topological polar surface area (TPSA) is 86.8 Å². The Bertz CT molecular complexity index is 730. The molecule has 118 valence electrons. The predicted molar refractivity (Wildman–Crippen MR) is 84.9 cm³/mol. The number of rotatable bonds is 4. The molecule has 3 heterocycles. The highest BCUT2D eigenvalue weighted by atomic mass is 16.1. The Morgan fingerprint density at radius 1 is 1.48 bits per heavy atom. The van der Waals surface area contributed by atoms with Gasteiger partial charge in [0.05, 0.1) is 17.3 Å². The highest BCUT2D eigenvalue weighted by Crippen LogP contribution is 2.23. The van der Waals surface area contributed by atoms with Gasteiger partial charge >= 0.3 is 0 Å². The van der Waals surface area contributed by atoms with Crippen LogP contribution in [-0.4, -0.2) is 39.8 Å². The lowest BCUT2D eigenvalue weighted by molar-refractivity contribution is 0.0951. The molecule has 3 rings (SSSR count). The molecule has 0 aromatic carbocycles. The van der Waals surface area contributed by atoms with Crippen LogP contribution in [-0.2, 0) is 7.05 Å². The molecule has 7 heteroatoms. The second kappa shape index (κ2) is 6.48. The van der Waals surface area contributed by atoms with Gasteiger partial charge in [-0.15, -0.1) is 0 Å². The average Bonchev–Trinajstić information content (AvgIpc) is 3.21. The minimum Gasteiger partial charge on any atom is -0.352 e. The van der Waals surface area contributed by atoms with Crippen LogP contribution >= 0.6 is 0 Å². The van der Waals surface area contributed by atoms with Crippen LogP contribution in [0, 0.1) is 11.3 Å². The van der Waals surface area contributed by atoms with Gasteiger partial charge in [-0.1, -0.05) is 0 Å². The number of aromatic nitrogens is 3. The van der Waals surface area contributed by atoms with E-state index in [2.05, 4.69) is 26.4 Å². The number of nitrogens with zero attached hydrogens (tertiary/aromatic N) is 5. The molecule has 1 amide bonds. The second-order valence-corrected chi connectivity index (χ2v) is 5.62. The van der Waals surface area contributed by atoms with Gasteiger partial charge < -0.3 is 10.2 Å². The number of anilines is 1. The first-order valence-corrected chi connectivity index (χ1v) is 7.57. The highest BCUT2D eigenvalue weighted by Gasteiger charge is 2.26. The Balaban J connectivity index is 1.62. The molecule has 2 aromatic heterocycles. The van der Waals surface area contributed by atoms with Crippen molar-refractivity contribution in [1.29, 1.82) is 5.26 Å². The summed E-state index contributed by atoms with van der Waals surface area (Å²) in [7, 11) is 1.78. The molecule has 0 saturated carbocycles. The van der Waals surface area contributed by atoms with Crippen molar-refractivity contribution in [2.24, 2.45) is 7.05 Å². The lowest BCUT2D eigenvalue weighted by Crippen LogP contribution is -2.40. The maximum absolute atomic E-state index is 12.1. The Kier molecular flexibility index (Phi) is 4.24. The van der Waals surface area contributed by atoms with Crippen molar-refractivity contribution >= 4 is 11.7 Å². The van der Waals surface area contributed by atoms with E-state index in [1.165, 1.54) is 0 Å². The molecule has 1 aliphatic heterocycles. The fraction of sp³-hybridized carbons (Fsp3) is 0.375. The maximum atomic E-state index is 12.1. The average molecular weight is 310 g/mol. The Morgan fingerprint density at radius 3 is 3.00 bits per heavy atom. The molecule has 0 radical (unpaired) electrons. The van der Waals surface area contributed by atoms with Gasteiger partial charge in [0.1, 0.15) is 11.9 Å². The third kappa shape index (κ3) is 3.31. The second-order valence-electron chi connectivity index (χ2n) is 5.62. The number of carbonyl (C=O) groups is 1. The summed E-state index contributed by atoms with van der Waals surface area (Å²) in [5, 5.41) is 15.8. The van der Waals surface area contributed by atoms with Crippen LogP contribution in [0.2, 0.25) is 0 Å². The number of aryl methyl sites for hydroxylation is 1. The standard InChI is InChI=1S/C16H18N6O/c1-21-11-13(9-20-21)16(23)19-10-14-3-2-6-22(14)15-5-4-12(7-17)8-18-15/h4-5,8-9,11,14H,2-3,6,10H2,1H3,(H,19,23). The monoisotopic (exact) mass is 310 g/mol. The van der Waals surface area contributed by atoms with E-state index in [0.29, 0.717) is 17.7 Å². The molecule has 0 spiro atoms. The normalized spacial score (nSPS) is 17.0. The van der Waals surface area contributed by atoms with E-state index in [0.717, 1.165) is 25.2 Å². The summed E-state index contributed by atoms with van der Waals surface area (Å²) >= 11 is 0. The zero-order valence-electron chi connectivity index (χ0n) is 12.9. The minimum absolute atomic E-state index is 0.113. The predicted octanol–water partition coefficient (Wildman–Crippen LogP) is 1.09. The van der Waals surface area contributed by atoms with Crippen molar-refractivity contribution in [3.05, 3.63) is 41.9 Å². The molecule has 2 aromatic rings. The SMILES string of the molecule is Cn1cc(C(=O)NCC2CCCN2c2ccc(C#N)cn2)cn1. The Labute approximate surface area is 134 Å². The molecule has 1 unspecified atom stereocenters. The molecule has 1 N–H and O–H groups in total. The molecule has 1 aliphatic rings. The van der Waals surface area contributed by atoms with Crippen LogP contribution < -0.4 is 10.2 Å². The number of hydrogen-bond acceptors (Lipinski definition) is 5. The third-order valence-electron chi connectivity index (χ3n) is 4.01. The highest BCUT2D eigenvalue weighted by molar-refractivity contribution is 5.93. The van der Waals surface area contributed by atoms with Gasteiger partial charge in [-0.2, -0.15) is 10.4 Å². The largest absolute Gasteiger partial charge is 0.352 e. The van der Waals surface area contributed by atoms with Crippen LogP contribution in [0.25, 0.3) is 0 Å². The van der Waals surface area contributed by atoms with Gasteiger partial charge in [0.15, 0.2) is 0 Å². The summed E-state index contributed by atoms with van der Waals surface area (Å²) in [5.74, 6) is 0.736. The van der Waals surface area contributed by atoms with Crippen LogP contribution in [0.4, 0.5) is 5.82 Å². The lowest BCUT2D eigenvalue weighted by Gasteiger charge is -2.25. The van der Waals surface area contributed by atoms with Gasteiger partial charge in [0.25, 0.3) is 5.91 Å². The van der Waals surface area contributed by atoms with Crippen molar-refractivity contribution < 1.29 is 4.79 Å². The first-order valence-electron chi connectivity index (χ1n) is 7.57. The van der Waals surface area contributed by atoms with Crippen molar-refractivity contribution in [3.63, 3.8) is 0 Å². The van der Waals surface area contributed by atoms with Crippen molar-refractivity contribution in [1.82, 2.24) is 20.1 Å². The molecule has 23 heavy (non-hydrogen) atoms. The maximum Gasteiger partial charge on any atom is 0.254 e. The van der Waals surface area contributed by atoms with Crippen LogP contribution in [0.5, 0.6) is 0 Å². The zero-order valence-corrected chi connectivity index (χ0v) is 12.9. The van der Waals surface area contributed by atoms with Crippen molar-refractivity contribution in [2.45, 2.75) is 18.9 Å². The van der Waals surface area contributed by atoms with Gasteiger partial charge in [-0.05, 0) is 25.0 Å². The van der Waals surface area contributed by atoms with Gasteiger partial charge in [0.2, 0.25) is 0 Å². The Hall–Kier alpha value is -2.88. The smallest absolute Gasteiger partial charge is 0.254 e. The number of carbonyl (C=O) groups excluding carboxylic acids is 1. The van der Waals surface area contributed by atoms with Gasteiger partial charge in [-0.25, -0.2) is 4.98 Å². The third-order valence-corrected chi connectivity index (χ3v) is 4.01. The number of nitriles is 1. The summed E-state index contributed by atoms with van der Waals surface area (Å²) in [6, 6.07) is 5.92. The van der Waals surface area contributed by atoms with Crippen molar-refractivity contribution in [3.8, 4) is 6.07 Å². The molecule has 0 bridgehead atoms. The molecular formula is C16H18N6O. The first kappa shape index (κ1) is 15.0. The van der Waals surface area contributed by atoms with E-state index in [1.54, 1.807) is 36.4 Å². The molecule has 1 fully saturated rings. The number of nitrogens with one attached hydrogen (secondary N) is 1. The summed E-state index contributed by atoms with van der Waals surface area (Å²) in [4.78, 5) is 18.6. The number of hydrogen-bond donors (Lipinski definition) is 1. The molecule has 1 saturated heterocycles. The van der Waals surface area contributed by atoms with Crippen LogP contribution in [0.1, 0.15) is 28.8 Å². The van der Waals surface area contributed by atoms with E-state index in [1.807, 2.05) is 6.07 Å². The van der Waals surface area contributed by atoms with E-state index in [4.69, 9.17) is 5.26 Å². The quantitative estimate of drug-likeness (QED) is 0.913. The molecular weight excluding hydrogens is 292 g/mol. The summed E-state index contributed by atoms with van der Waals surface area (Å²) in [5.41, 5.74) is 1.11. The number of amides is 1. The lowest BCUT2D eigenvalue weighted by atomic mass is 10.2. The molecule has 0 aliphatic carbocycles. The summed E-state index contributed by atoms with van der Waals surface area (Å²) < 4.78 is 1.61. The summed E-state index contributed by atoms with van der Waals surface area (Å²) in [6.07, 6.45) is 6.91. The fourth-order valence-electron chi connectivity index (χ4n) is 2.82. The van der Waals surface area contributed by atoms with Gasteiger partial charge in [0, 0.05) is 38.6 Å². The van der Waals surface area contributed by atoms with Gasteiger partial charge in [-0.3, -0.25) is 9.48 Å². The summed E-state index contributed by atoms with van der Waals surface area (Å²) in [6.45, 7) is 1.47. The Morgan fingerprint density at radius 2 is 2.35 bits per heavy atom. The molecule has 7 nitrogen and oxygen atoms in total. The fourth-order valence-corrected chi connectivity index (χ4v) is 2.82. The van der Waals surface area contributed by atoms with E-state index >= 15 is 0 Å². The zero-order chi connectivity index (χ0) is 16.2. The molecule has 1 atom stereocenters. The van der Waals surface area contributed by atoms with E-state index in [-0.39, 0.29) is 11.9 Å². The van der Waals surface area contributed by atoms with Crippen LogP contribution in [0.15, 0.2) is 30.7 Å². The number of pyridine rings is 1. The van der Waals surface area contributed by atoms with E-state index in [9.17, 15) is 4.79 Å². The first-order chi connectivity index (χ1) is 11.2. The van der Waals surface area contributed by atoms with Crippen LogP contribution in [0.3, 0.4) is 0 Å². The van der Waals surface area contributed by atoms with Crippen molar-refractivity contribution in [2.75, 3.05) is 18.0 Å².